The number of benzene rings is 1. The molecule has 3 rings (SSSR count). The highest BCUT2D eigenvalue weighted by Gasteiger charge is 2.18. The average Bonchev–Trinajstić information content (AvgIpc) is 3.07. The Bertz CT molecular complexity index is 607. The zero-order valence-corrected chi connectivity index (χ0v) is 14.1. The first-order valence-electron chi connectivity index (χ1n) is 7.72. The summed E-state index contributed by atoms with van der Waals surface area (Å²) in [6, 6.07) is 8.20. The Morgan fingerprint density at radius 3 is 2.86 bits per heavy atom. The van der Waals surface area contributed by atoms with Crippen molar-refractivity contribution in [2.45, 2.75) is 48.8 Å². The van der Waals surface area contributed by atoms with Crippen molar-refractivity contribution in [2.75, 3.05) is 0 Å². The second kappa shape index (κ2) is 7.79. The van der Waals surface area contributed by atoms with E-state index in [0.717, 1.165) is 34.7 Å². The van der Waals surface area contributed by atoms with E-state index in [1.165, 1.54) is 19.3 Å². The van der Waals surface area contributed by atoms with Crippen LogP contribution in [0.4, 0.5) is 0 Å². The minimum absolute atomic E-state index is 0.0632. The number of carbonyl (C=O) groups excluding carboxylic acids is 1. The molecule has 22 heavy (non-hydrogen) atoms. The number of thioether (sulfide) groups is 1. The SMILES string of the molecule is O=C(NC1CCCCC1)c1ccccc1SCc1cscn1. The lowest BCUT2D eigenvalue weighted by molar-refractivity contribution is 0.0924. The first-order valence-corrected chi connectivity index (χ1v) is 9.65. The third-order valence-electron chi connectivity index (χ3n) is 3.93. The molecular weight excluding hydrogens is 312 g/mol. The molecule has 1 amide bonds. The summed E-state index contributed by atoms with van der Waals surface area (Å²) in [7, 11) is 0. The predicted octanol–water partition coefficient (Wildman–Crippen LogP) is 4.50. The molecule has 0 atom stereocenters. The molecule has 0 spiro atoms. The minimum atomic E-state index is 0.0632. The van der Waals surface area contributed by atoms with E-state index in [2.05, 4.69) is 15.7 Å². The molecule has 1 aliphatic rings. The highest BCUT2D eigenvalue weighted by molar-refractivity contribution is 7.98. The molecule has 3 nitrogen and oxygen atoms in total. The monoisotopic (exact) mass is 332 g/mol. The molecule has 1 aliphatic carbocycles. The fraction of sp³-hybridized carbons (Fsp3) is 0.412. The minimum Gasteiger partial charge on any atom is -0.349 e. The number of thiazole rings is 1. The van der Waals surface area contributed by atoms with E-state index in [4.69, 9.17) is 0 Å². The van der Waals surface area contributed by atoms with Crippen molar-refractivity contribution in [3.8, 4) is 0 Å². The highest BCUT2D eigenvalue weighted by Crippen LogP contribution is 2.27. The number of hydrogen-bond donors (Lipinski definition) is 1. The van der Waals surface area contributed by atoms with Gasteiger partial charge in [-0.3, -0.25) is 4.79 Å². The molecule has 0 aliphatic heterocycles. The van der Waals surface area contributed by atoms with Crippen LogP contribution in [0.2, 0.25) is 0 Å². The topological polar surface area (TPSA) is 42.0 Å². The molecule has 116 valence electrons. The van der Waals surface area contributed by atoms with Gasteiger partial charge < -0.3 is 5.32 Å². The zero-order valence-electron chi connectivity index (χ0n) is 12.5. The van der Waals surface area contributed by atoms with E-state index >= 15 is 0 Å². The molecule has 5 heteroatoms. The van der Waals surface area contributed by atoms with Gasteiger partial charge in [-0.25, -0.2) is 4.98 Å². The Morgan fingerprint density at radius 2 is 2.09 bits per heavy atom. The van der Waals surface area contributed by atoms with E-state index in [1.807, 2.05) is 29.8 Å². The molecule has 0 radical (unpaired) electrons. The summed E-state index contributed by atoms with van der Waals surface area (Å²) in [6.45, 7) is 0. The molecule has 0 saturated heterocycles. The van der Waals surface area contributed by atoms with Gasteiger partial charge >= 0.3 is 0 Å². The van der Waals surface area contributed by atoms with E-state index in [1.54, 1.807) is 23.1 Å². The largest absolute Gasteiger partial charge is 0.349 e. The van der Waals surface area contributed by atoms with Gasteiger partial charge in [0.05, 0.1) is 16.8 Å². The summed E-state index contributed by atoms with van der Waals surface area (Å²) in [5.74, 6) is 0.866. The number of carbonyl (C=O) groups is 1. The van der Waals surface area contributed by atoms with Crippen molar-refractivity contribution >= 4 is 29.0 Å². The maximum absolute atomic E-state index is 12.6. The molecule has 2 aromatic rings. The summed E-state index contributed by atoms with van der Waals surface area (Å²) in [4.78, 5) is 17.9. The molecule has 0 unspecified atom stereocenters. The normalized spacial score (nSPS) is 15.6. The second-order valence-electron chi connectivity index (χ2n) is 5.57. The van der Waals surface area contributed by atoms with Gasteiger partial charge in [0.25, 0.3) is 5.91 Å². The molecule has 1 fully saturated rings. The smallest absolute Gasteiger partial charge is 0.252 e. The predicted molar refractivity (Wildman–Crippen MR) is 92.5 cm³/mol. The van der Waals surface area contributed by atoms with Crippen molar-refractivity contribution in [1.29, 1.82) is 0 Å². The summed E-state index contributed by atoms with van der Waals surface area (Å²) in [6.07, 6.45) is 5.97. The lowest BCUT2D eigenvalue weighted by Gasteiger charge is -2.23. The van der Waals surface area contributed by atoms with Crippen LogP contribution < -0.4 is 5.32 Å². The lowest BCUT2D eigenvalue weighted by Crippen LogP contribution is -2.36. The van der Waals surface area contributed by atoms with Gasteiger partial charge in [0.2, 0.25) is 0 Å². The maximum atomic E-state index is 12.6. The number of nitrogens with zero attached hydrogens (tertiary/aromatic N) is 1. The van der Waals surface area contributed by atoms with Crippen LogP contribution in [0.3, 0.4) is 0 Å². The van der Waals surface area contributed by atoms with E-state index in [-0.39, 0.29) is 5.91 Å². The zero-order chi connectivity index (χ0) is 15.2. The van der Waals surface area contributed by atoms with Gasteiger partial charge in [-0.1, -0.05) is 31.4 Å². The van der Waals surface area contributed by atoms with Gasteiger partial charge in [0, 0.05) is 22.1 Å². The van der Waals surface area contributed by atoms with Gasteiger partial charge in [-0.05, 0) is 25.0 Å². The van der Waals surface area contributed by atoms with Crippen molar-refractivity contribution in [2.24, 2.45) is 0 Å². The van der Waals surface area contributed by atoms with Crippen molar-refractivity contribution in [3.63, 3.8) is 0 Å². The first kappa shape index (κ1) is 15.6. The Kier molecular flexibility index (Phi) is 5.51. The summed E-state index contributed by atoms with van der Waals surface area (Å²) in [5.41, 5.74) is 3.70. The van der Waals surface area contributed by atoms with Crippen molar-refractivity contribution in [1.82, 2.24) is 10.3 Å². The van der Waals surface area contributed by atoms with Crippen LogP contribution in [0, 0.1) is 0 Å². The van der Waals surface area contributed by atoms with Crippen molar-refractivity contribution < 1.29 is 4.79 Å². The molecule has 1 aromatic heterocycles. The third-order valence-corrected chi connectivity index (χ3v) is 5.67. The number of nitrogens with one attached hydrogen (secondary N) is 1. The van der Waals surface area contributed by atoms with Crippen molar-refractivity contribution in [3.05, 3.63) is 46.4 Å². The van der Waals surface area contributed by atoms with Gasteiger partial charge in [-0.2, -0.15) is 0 Å². The third kappa shape index (κ3) is 4.11. The molecule has 0 bridgehead atoms. The fourth-order valence-electron chi connectivity index (χ4n) is 2.75. The molecule has 1 N–H and O–H groups in total. The standard InChI is InChI=1S/C17H20N2OS2/c20-17(19-13-6-2-1-3-7-13)15-8-4-5-9-16(15)22-11-14-10-21-12-18-14/h4-5,8-10,12-13H,1-3,6-7,11H2,(H,19,20). The summed E-state index contributed by atoms with van der Waals surface area (Å²) < 4.78 is 0. The quantitative estimate of drug-likeness (QED) is 0.820. The average molecular weight is 332 g/mol. The van der Waals surface area contributed by atoms with Crippen LogP contribution >= 0.6 is 23.1 Å². The van der Waals surface area contributed by atoms with Gasteiger partial charge in [0.15, 0.2) is 0 Å². The van der Waals surface area contributed by atoms with Crippen LogP contribution in [0.1, 0.15) is 48.2 Å². The number of hydrogen-bond acceptors (Lipinski definition) is 4. The first-order chi connectivity index (χ1) is 10.8. The Hall–Kier alpha value is -1.33. The highest BCUT2D eigenvalue weighted by atomic mass is 32.2. The molecule has 1 heterocycles. The Morgan fingerprint density at radius 1 is 1.27 bits per heavy atom. The van der Waals surface area contributed by atoms with E-state index in [9.17, 15) is 4.79 Å². The second-order valence-corrected chi connectivity index (χ2v) is 7.31. The molecule has 1 aromatic carbocycles. The van der Waals surface area contributed by atoms with Gasteiger partial charge in [0.1, 0.15) is 0 Å². The number of rotatable bonds is 5. The van der Waals surface area contributed by atoms with Crippen LogP contribution in [-0.2, 0) is 5.75 Å². The Balaban J connectivity index is 1.65. The fourth-order valence-corrected chi connectivity index (χ4v) is 4.37. The Labute approximate surface area is 139 Å². The van der Waals surface area contributed by atoms with E-state index in [0.29, 0.717) is 6.04 Å². The van der Waals surface area contributed by atoms with Crippen LogP contribution in [0.5, 0.6) is 0 Å². The van der Waals surface area contributed by atoms with Gasteiger partial charge in [-0.15, -0.1) is 23.1 Å². The summed E-state index contributed by atoms with van der Waals surface area (Å²) in [5, 5.41) is 5.26. The lowest BCUT2D eigenvalue weighted by atomic mass is 9.95. The molecule has 1 saturated carbocycles. The number of amides is 1. The molecular formula is C17H20N2OS2. The van der Waals surface area contributed by atoms with E-state index < -0.39 is 0 Å². The number of aromatic nitrogens is 1. The summed E-state index contributed by atoms with van der Waals surface area (Å²) >= 11 is 3.28. The van der Waals surface area contributed by atoms with Crippen LogP contribution in [-0.4, -0.2) is 16.9 Å². The maximum Gasteiger partial charge on any atom is 0.252 e. The van der Waals surface area contributed by atoms with Crippen LogP contribution in [0.25, 0.3) is 0 Å². The van der Waals surface area contributed by atoms with Crippen LogP contribution in [0.15, 0.2) is 40.1 Å².